The molecule has 0 saturated heterocycles. The number of alkyl halides is 2. The van der Waals surface area contributed by atoms with Crippen molar-refractivity contribution in [1.29, 1.82) is 0 Å². The summed E-state index contributed by atoms with van der Waals surface area (Å²) in [5, 5.41) is 0. The molecule has 0 heterocycles. The monoisotopic (exact) mass is 584 g/mol. The van der Waals surface area contributed by atoms with Crippen LogP contribution in [0.2, 0.25) is 0 Å². The average molecular weight is 585 g/mol. The lowest BCUT2D eigenvalue weighted by Crippen LogP contribution is -2.25. The first-order valence-electron chi connectivity index (χ1n) is 14.3. The molecule has 9 heteroatoms. The Labute approximate surface area is 236 Å². The van der Waals surface area contributed by atoms with Crippen LogP contribution in [0.25, 0.3) is 6.08 Å². The van der Waals surface area contributed by atoms with Crippen molar-refractivity contribution in [3.05, 3.63) is 77.3 Å². The number of ether oxygens (including phenoxy) is 2. The van der Waals surface area contributed by atoms with Gasteiger partial charge in [0, 0.05) is 12.1 Å². The fraction of sp³-hybridized carbons (Fsp3) is 0.500. The van der Waals surface area contributed by atoms with Crippen molar-refractivity contribution in [1.82, 2.24) is 0 Å². The number of allylic oxidation sites excluding steroid dienone is 1. The molecule has 2 nitrogen and oxygen atoms in total. The third kappa shape index (κ3) is 8.29. The number of hydrogen-bond donors (Lipinski definition) is 0. The molecule has 0 bridgehead atoms. The van der Waals surface area contributed by atoms with Gasteiger partial charge in [-0.15, -0.1) is 0 Å². The molecule has 224 valence electrons. The Bertz CT molecular complexity index is 1200. The Balaban J connectivity index is 1.33. The molecular formula is C32H35F7O2. The highest BCUT2D eigenvalue weighted by atomic mass is 19.3. The molecule has 0 aliphatic heterocycles. The van der Waals surface area contributed by atoms with Gasteiger partial charge in [-0.2, -0.15) is 17.6 Å². The van der Waals surface area contributed by atoms with E-state index in [0.29, 0.717) is 23.6 Å². The standard InChI is InChI=1S/C32H35F7O2/c1-2-3-20-6-11-23(12-7-20)24-13-8-21(9-14-24)4-5-22-10-15-26(27(33)16-22)32(38,39)41-25-17-28(34)31(29(35)18-25)40-19-30(36)37/h4-5,10,15-21,23-24H,2-3,6-9,11-14H2,1H3/b5-4+. The minimum absolute atomic E-state index is 0.202. The summed E-state index contributed by atoms with van der Waals surface area (Å²) in [6.07, 6.45) is 9.32. The molecule has 0 amide bonds. The first-order valence-corrected chi connectivity index (χ1v) is 14.3. The zero-order valence-electron chi connectivity index (χ0n) is 23.0. The lowest BCUT2D eigenvalue weighted by Gasteiger charge is -2.37. The fourth-order valence-electron chi connectivity index (χ4n) is 6.30. The normalized spacial score (nSPS) is 23.4. The highest BCUT2D eigenvalue weighted by molar-refractivity contribution is 5.51. The Kier molecular flexibility index (Phi) is 10.4. The predicted molar refractivity (Wildman–Crippen MR) is 143 cm³/mol. The van der Waals surface area contributed by atoms with Gasteiger partial charge < -0.3 is 9.47 Å². The third-order valence-electron chi connectivity index (χ3n) is 8.42. The predicted octanol–water partition coefficient (Wildman–Crippen LogP) is 10.8. The van der Waals surface area contributed by atoms with Crippen molar-refractivity contribution in [3.63, 3.8) is 0 Å². The summed E-state index contributed by atoms with van der Waals surface area (Å²) in [5.74, 6) is -3.72. The van der Waals surface area contributed by atoms with E-state index in [1.165, 1.54) is 57.4 Å². The van der Waals surface area contributed by atoms with E-state index in [1.54, 1.807) is 6.08 Å². The minimum atomic E-state index is -4.27. The van der Waals surface area contributed by atoms with Gasteiger partial charge in [-0.3, -0.25) is 0 Å². The largest absolute Gasteiger partial charge is 0.453 e. The molecule has 2 aromatic rings. The van der Waals surface area contributed by atoms with Crippen LogP contribution < -0.4 is 9.47 Å². The molecule has 41 heavy (non-hydrogen) atoms. The lowest BCUT2D eigenvalue weighted by molar-refractivity contribution is -0.187. The van der Waals surface area contributed by atoms with E-state index < -0.39 is 46.7 Å². The molecule has 2 fully saturated rings. The maximum Gasteiger partial charge on any atom is 0.429 e. The van der Waals surface area contributed by atoms with Gasteiger partial charge in [0.05, 0.1) is 5.56 Å². The van der Waals surface area contributed by atoms with Crippen molar-refractivity contribution < 1.29 is 40.2 Å². The molecule has 0 N–H and O–H groups in total. The zero-order valence-corrected chi connectivity index (χ0v) is 23.0. The average Bonchev–Trinajstić information content (AvgIpc) is 2.92. The van der Waals surface area contributed by atoms with E-state index in [1.807, 2.05) is 6.08 Å². The van der Waals surface area contributed by atoms with E-state index in [4.69, 9.17) is 0 Å². The molecule has 0 atom stereocenters. The van der Waals surface area contributed by atoms with Crippen LogP contribution in [0, 0.1) is 41.1 Å². The summed E-state index contributed by atoms with van der Waals surface area (Å²) in [6.45, 7) is 2.25. The molecule has 2 aromatic carbocycles. The number of hydrogen-bond acceptors (Lipinski definition) is 2. The first kappa shape index (κ1) is 31.0. The molecule has 0 aromatic heterocycles. The van der Waals surface area contributed by atoms with Gasteiger partial charge in [0.15, 0.2) is 23.6 Å². The van der Waals surface area contributed by atoms with Crippen molar-refractivity contribution in [3.8, 4) is 11.5 Å². The van der Waals surface area contributed by atoms with Gasteiger partial charge in [-0.25, -0.2) is 13.2 Å². The molecule has 2 saturated carbocycles. The van der Waals surface area contributed by atoms with Crippen LogP contribution >= 0.6 is 0 Å². The quantitative estimate of drug-likeness (QED) is 0.204. The molecule has 2 aliphatic rings. The maximum atomic E-state index is 14.7. The van der Waals surface area contributed by atoms with Crippen LogP contribution in [0.1, 0.15) is 82.3 Å². The Hall–Kier alpha value is -2.97. The van der Waals surface area contributed by atoms with Crippen LogP contribution in [0.3, 0.4) is 0 Å². The summed E-state index contributed by atoms with van der Waals surface area (Å²) in [4.78, 5) is 0. The summed E-state index contributed by atoms with van der Waals surface area (Å²) in [6, 6.07) is 3.80. The van der Waals surface area contributed by atoms with E-state index in [0.717, 1.165) is 42.7 Å². The van der Waals surface area contributed by atoms with Crippen LogP contribution in [-0.2, 0) is 6.11 Å². The minimum Gasteiger partial charge on any atom is -0.453 e. The third-order valence-corrected chi connectivity index (χ3v) is 8.42. The van der Waals surface area contributed by atoms with Gasteiger partial charge in [0.2, 0.25) is 0 Å². The van der Waals surface area contributed by atoms with E-state index in [9.17, 15) is 30.7 Å². The van der Waals surface area contributed by atoms with Crippen LogP contribution in [0.4, 0.5) is 30.7 Å². The highest BCUT2D eigenvalue weighted by Gasteiger charge is 2.38. The Morgan fingerprint density at radius 2 is 1.46 bits per heavy atom. The zero-order chi connectivity index (χ0) is 29.6. The lowest BCUT2D eigenvalue weighted by atomic mass is 9.68. The summed E-state index contributed by atoms with van der Waals surface area (Å²) >= 11 is 0. The fourth-order valence-corrected chi connectivity index (χ4v) is 6.30. The van der Waals surface area contributed by atoms with Gasteiger partial charge in [-0.05, 0) is 79.9 Å². The highest BCUT2D eigenvalue weighted by Crippen LogP contribution is 2.43. The Morgan fingerprint density at radius 1 is 0.854 bits per heavy atom. The molecular weight excluding hydrogens is 549 g/mol. The second-order valence-corrected chi connectivity index (χ2v) is 11.2. The smallest absolute Gasteiger partial charge is 0.429 e. The number of halogens is 7. The first-order chi connectivity index (χ1) is 19.6. The summed E-state index contributed by atoms with van der Waals surface area (Å²) in [7, 11) is 0. The number of benzene rings is 2. The van der Waals surface area contributed by atoms with Crippen molar-refractivity contribution >= 4 is 6.08 Å². The van der Waals surface area contributed by atoms with Gasteiger partial charge >= 0.3 is 12.2 Å². The van der Waals surface area contributed by atoms with E-state index in [2.05, 4.69) is 16.4 Å². The second-order valence-electron chi connectivity index (χ2n) is 11.2. The van der Waals surface area contributed by atoms with E-state index >= 15 is 0 Å². The van der Waals surface area contributed by atoms with Crippen LogP contribution in [0.5, 0.6) is 11.5 Å². The summed E-state index contributed by atoms with van der Waals surface area (Å²) in [5.41, 5.74) is -0.711. The molecule has 0 unspecified atom stereocenters. The molecule has 0 spiro atoms. The molecule has 4 rings (SSSR count). The van der Waals surface area contributed by atoms with Gasteiger partial charge in [-0.1, -0.05) is 50.8 Å². The van der Waals surface area contributed by atoms with Crippen LogP contribution in [0.15, 0.2) is 48.8 Å². The maximum absolute atomic E-state index is 14.7. The van der Waals surface area contributed by atoms with Crippen molar-refractivity contribution in [2.45, 2.75) is 77.2 Å². The van der Waals surface area contributed by atoms with Crippen LogP contribution in [-0.4, -0.2) is 0 Å². The second kappa shape index (κ2) is 13.8. The van der Waals surface area contributed by atoms with Gasteiger partial charge in [0.1, 0.15) is 11.6 Å². The summed E-state index contributed by atoms with van der Waals surface area (Å²) < 4.78 is 105. The van der Waals surface area contributed by atoms with Crippen molar-refractivity contribution in [2.24, 2.45) is 23.7 Å². The molecule has 0 radical (unpaired) electrons. The topological polar surface area (TPSA) is 18.5 Å². The van der Waals surface area contributed by atoms with E-state index in [-0.39, 0.29) is 6.26 Å². The van der Waals surface area contributed by atoms with Gasteiger partial charge in [0.25, 0.3) is 0 Å². The molecule has 2 aliphatic carbocycles. The van der Waals surface area contributed by atoms with Crippen molar-refractivity contribution in [2.75, 3.05) is 0 Å². The number of rotatable bonds is 10. The Morgan fingerprint density at radius 3 is 2.02 bits per heavy atom. The SMILES string of the molecule is CCCC1CCC(C2CCC(/C=C/c3ccc(C(F)(F)Oc4cc(F)c(OC=C(F)F)c(F)c4)c(F)c3)CC2)CC1.